The molecule has 1 heterocycles. The molecule has 2 N–H and O–H groups in total. The summed E-state index contributed by atoms with van der Waals surface area (Å²) in [5, 5.41) is 7.79. The molecule has 0 spiro atoms. The first-order valence-electron chi connectivity index (χ1n) is 8.81. The number of fused-ring (bicyclic) bond motifs is 1. The van der Waals surface area contributed by atoms with E-state index in [9.17, 15) is 0 Å². The lowest BCUT2D eigenvalue weighted by atomic mass is 10.2. The summed E-state index contributed by atoms with van der Waals surface area (Å²) < 4.78 is 0.997. The molecule has 4 aromatic rings. The SMILES string of the molecule is Brc1ccc2c(NCc3ccccc3)nc(NCc3ccccc3)nc2c1. The van der Waals surface area contributed by atoms with E-state index in [2.05, 4.69) is 55.8 Å². The second-order valence-corrected chi connectivity index (χ2v) is 7.15. The molecule has 27 heavy (non-hydrogen) atoms. The lowest BCUT2D eigenvalue weighted by molar-refractivity contribution is 1.05. The third kappa shape index (κ3) is 4.44. The van der Waals surface area contributed by atoms with E-state index in [1.807, 2.05) is 54.6 Å². The van der Waals surface area contributed by atoms with Crippen molar-refractivity contribution < 1.29 is 0 Å². The van der Waals surface area contributed by atoms with E-state index in [0.29, 0.717) is 19.0 Å². The Morgan fingerprint density at radius 1 is 0.704 bits per heavy atom. The third-order valence-electron chi connectivity index (χ3n) is 4.26. The Labute approximate surface area is 166 Å². The van der Waals surface area contributed by atoms with Crippen LogP contribution in [-0.4, -0.2) is 9.97 Å². The smallest absolute Gasteiger partial charge is 0.225 e. The highest BCUT2D eigenvalue weighted by molar-refractivity contribution is 9.10. The molecule has 0 saturated heterocycles. The Kier molecular flexibility index (Phi) is 5.30. The summed E-state index contributed by atoms with van der Waals surface area (Å²) >= 11 is 3.53. The van der Waals surface area contributed by atoms with Crippen LogP contribution in [0.3, 0.4) is 0 Å². The molecule has 0 bridgehead atoms. The average molecular weight is 419 g/mol. The molecule has 0 unspecified atom stereocenters. The first-order valence-corrected chi connectivity index (χ1v) is 9.60. The molecule has 0 radical (unpaired) electrons. The largest absolute Gasteiger partial charge is 0.365 e. The number of aromatic nitrogens is 2. The van der Waals surface area contributed by atoms with Gasteiger partial charge in [0.15, 0.2) is 0 Å². The quantitative estimate of drug-likeness (QED) is 0.426. The molecule has 3 aromatic carbocycles. The van der Waals surface area contributed by atoms with Crippen LogP contribution in [0.1, 0.15) is 11.1 Å². The Balaban J connectivity index is 1.61. The Hall–Kier alpha value is -2.92. The predicted molar refractivity (Wildman–Crippen MR) is 115 cm³/mol. The number of nitrogens with zero attached hydrogens (tertiary/aromatic N) is 2. The van der Waals surface area contributed by atoms with Gasteiger partial charge in [-0.1, -0.05) is 76.6 Å². The van der Waals surface area contributed by atoms with Crippen molar-refractivity contribution in [2.45, 2.75) is 13.1 Å². The fourth-order valence-electron chi connectivity index (χ4n) is 2.88. The normalized spacial score (nSPS) is 10.7. The van der Waals surface area contributed by atoms with Crippen molar-refractivity contribution >= 4 is 38.6 Å². The standard InChI is InChI=1S/C22H19BrN4/c23-18-11-12-19-20(13-18)26-22(25-15-17-9-5-2-6-10-17)27-21(19)24-14-16-7-3-1-4-8-16/h1-13H,14-15H2,(H2,24,25,26,27). The average Bonchev–Trinajstić information content (AvgIpc) is 2.71. The number of anilines is 2. The second-order valence-electron chi connectivity index (χ2n) is 6.24. The van der Waals surface area contributed by atoms with E-state index >= 15 is 0 Å². The minimum absolute atomic E-state index is 0.611. The monoisotopic (exact) mass is 418 g/mol. The summed E-state index contributed by atoms with van der Waals surface area (Å²) in [5.74, 6) is 1.44. The third-order valence-corrected chi connectivity index (χ3v) is 4.75. The second kappa shape index (κ2) is 8.18. The van der Waals surface area contributed by atoms with Gasteiger partial charge in [-0.15, -0.1) is 0 Å². The van der Waals surface area contributed by atoms with Crippen molar-refractivity contribution in [2.75, 3.05) is 10.6 Å². The van der Waals surface area contributed by atoms with Gasteiger partial charge in [-0.05, 0) is 29.3 Å². The van der Waals surface area contributed by atoms with Gasteiger partial charge >= 0.3 is 0 Å². The van der Waals surface area contributed by atoms with E-state index in [0.717, 1.165) is 21.2 Å². The van der Waals surface area contributed by atoms with Gasteiger partial charge in [0.2, 0.25) is 5.95 Å². The summed E-state index contributed by atoms with van der Waals surface area (Å²) in [4.78, 5) is 9.39. The van der Waals surface area contributed by atoms with Crippen molar-refractivity contribution in [1.82, 2.24) is 9.97 Å². The van der Waals surface area contributed by atoms with Crippen LogP contribution in [0, 0.1) is 0 Å². The van der Waals surface area contributed by atoms with Crippen LogP contribution in [-0.2, 0) is 13.1 Å². The maximum Gasteiger partial charge on any atom is 0.225 e. The molecule has 0 amide bonds. The zero-order chi connectivity index (χ0) is 18.5. The van der Waals surface area contributed by atoms with Crippen molar-refractivity contribution in [1.29, 1.82) is 0 Å². The van der Waals surface area contributed by atoms with Gasteiger partial charge in [0.25, 0.3) is 0 Å². The molecule has 0 atom stereocenters. The van der Waals surface area contributed by atoms with Crippen LogP contribution in [0.25, 0.3) is 10.9 Å². The van der Waals surface area contributed by atoms with Gasteiger partial charge in [0.05, 0.1) is 5.52 Å². The van der Waals surface area contributed by atoms with Gasteiger partial charge in [-0.2, -0.15) is 4.98 Å². The number of benzene rings is 3. The summed E-state index contributed by atoms with van der Waals surface area (Å²) in [6.45, 7) is 1.39. The number of rotatable bonds is 6. The van der Waals surface area contributed by atoms with Crippen molar-refractivity contribution in [3.8, 4) is 0 Å². The molecular formula is C22H19BrN4. The van der Waals surface area contributed by atoms with Gasteiger partial charge < -0.3 is 10.6 Å². The Morgan fingerprint density at radius 2 is 1.33 bits per heavy atom. The summed E-state index contributed by atoms with van der Waals surface area (Å²) in [6, 6.07) is 26.6. The molecule has 5 heteroatoms. The number of halogens is 1. The van der Waals surface area contributed by atoms with Gasteiger partial charge in [0, 0.05) is 22.9 Å². The van der Waals surface area contributed by atoms with E-state index in [1.165, 1.54) is 11.1 Å². The van der Waals surface area contributed by atoms with Crippen molar-refractivity contribution in [3.63, 3.8) is 0 Å². The van der Waals surface area contributed by atoms with E-state index in [4.69, 9.17) is 4.98 Å². The molecule has 4 rings (SSSR count). The van der Waals surface area contributed by atoms with Crippen molar-refractivity contribution in [2.24, 2.45) is 0 Å². The number of hydrogen-bond donors (Lipinski definition) is 2. The molecule has 0 aliphatic heterocycles. The zero-order valence-corrected chi connectivity index (χ0v) is 16.3. The fourth-order valence-corrected chi connectivity index (χ4v) is 3.22. The first-order chi connectivity index (χ1) is 13.3. The first kappa shape index (κ1) is 17.5. The maximum absolute atomic E-state index is 4.71. The van der Waals surface area contributed by atoms with E-state index < -0.39 is 0 Å². The summed E-state index contributed by atoms with van der Waals surface area (Å²) in [7, 11) is 0. The Bertz CT molecular complexity index is 1040. The maximum atomic E-state index is 4.71. The minimum Gasteiger partial charge on any atom is -0.365 e. The van der Waals surface area contributed by atoms with Crippen LogP contribution in [0.5, 0.6) is 0 Å². The topological polar surface area (TPSA) is 49.8 Å². The fraction of sp³-hybridized carbons (Fsp3) is 0.0909. The lowest BCUT2D eigenvalue weighted by Gasteiger charge is -2.12. The van der Waals surface area contributed by atoms with Crippen LogP contribution < -0.4 is 10.6 Å². The van der Waals surface area contributed by atoms with Crippen LogP contribution in [0.2, 0.25) is 0 Å². The molecule has 4 nitrogen and oxygen atoms in total. The van der Waals surface area contributed by atoms with Gasteiger partial charge in [-0.3, -0.25) is 0 Å². The zero-order valence-electron chi connectivity index (χ0n) is 14.7. The molecule has 134 valence electrons. The number of nitrogens with one attached hydrogen (secondary N) is 2. The molecule has 0 saturated carbocycles. The van der Waals surface area contributed by atoms with Crippen LogP contribution >= 0.6 is 15.9 Å². The molecule has 1 aromatic heterocycles. The summed E-state index contributed by atoms with van der Waals surface area (Å²) in [6.07, 6.45) is 0. The summed E-state index contributed by atoms with van der Waals surface area (Å²) in [5.41, 5.74) is 3.29. The van der Waals surface area contributed by atoms with E-state index in [-0.39, 0.29) is 0 Å². The predicted octanol–water partition coefficient (Wildman–Crippen LogP) is 5.62. The molecule has 0 aliphatic rings. The Morgan fingerprint density at radius 3 is 2.00 bits per heavy atom. The number of hydrogen-bond acceptors (Lipinski definition) is 4. The highest BCUT2D eigenvalue weighted by atomic mass is 79.9. The molecule has 0 aliphatic carbocycles. The lowest BCUT2D eigenvalue weighted by Crippen LogP contribution is -2.08. The minimum atomic E-state index is 0.611. The van der Waals surface area contributed by atoms with Crippen LogP contribution in [0.4, 0.5) is 11.8 Å². The van der Waals surface area contributed by atoms with Gasteiger partial charge in [0.1, 0.15) is 5.82 Å². The molecule has 0 fully saturated rings. The molecular weight excluding hydrogens is 400 g/mol. The highest BCUT2D eigenvalue weighted by Crippen LogP contribution is 2.26. The van der Waals surface area contributed by atoms with Gasteiger partial charge in [-0.25, -0.2) is 4.98 Å². The highest BCUT2D eigenvalue weighted by Gasteiger charge is 2.08. The van der Waals surface area contributed by atoms with Crippen LogP contribution in [0.15, 0.2) is 83.3 Å². The van der Waals surface area contributed by atoms with E-state index in [1.54, 1.807) is 0 Å². The van der Waals surface area contributed by atoms with Crippen molar-refractivity contribution in [3.05, 3.63) is 94.5 Å².